The molecule has 0 saturated carbocycles. The Hall–Kier alpha value is -1.51. The van der Waals surface area contributed by atoms with Crippen molar-refractivity contribution in [2.24, 2.45) is 0 Å². The zero-order valence-electron chi connectivity index (χ0n) is 11.3. The number of hydrogen-bond acceptors (Lipinski definition) is 3. The van der Waals surface area contributed by atoms with Crippen LogP contribution in [0.15, 0.2) is 24.3 Å². The lowest BCUT2D eigenvalue weighted by Gasteiger charge is -2.06. The summed E-state index contributed by atoms with van der Waals surface area (Å²) < 4.78 is 10.2. The fourth-order valence-corrected chi connectivity index (χ4v) is 1.63. The number of aryl methyl sites for hydroxylation is 1. The van der Waals surface area contributed by atoms with Gasteiger partial charge in [-0.2, -0.15) is 0 Å². The summed E-state index contributed by atoms with van der Waals surface area (Å²) in [5.74, 6) is 0.773. The first-order valence-electron chi connectivity index (χ1n) is 6.54. The van der Waals surface area contributed by atoms with E-state index in [0.29, 0.717) is 6.42 Å². The highest BCUT2D eigenvalue weighted by atomic mass is 16.5. The molecule has 0 aromatic heterocycles. The first-order valence-corrected chi connectivity index (χ1v) is 6.54. The molecule has 0 fully saturated rings. The van der Waals surface area contributed by atoms with Gasteiger partial charge in [0.1, 0.15) is 5.75 Å². The second kappa shape index (κ2) is 8.56. The lowest BCUT2D eigenvalue weighted by atomic mass is 10.1. The van der Waals surface area contributed by atoms with E-state index in [0.717, 1.165) is 38.0 Å². The molecule has 100 valence electrons. The van der Waals surface area contributed by atoms with E-state index >= 15 is 0 Å². The number of hydrogen-bond donors (Lipinski definition) is 0. The SMILES string of the molecule is CCCCOc1ccc(CCCC(=O)OC)cc1. The molecule has 3 heteroatoms. The van der Waals surface area contributed by atoms with E-state index < -0.39 is 0 Å². The van der Waals surface area contributed by atoms with Gasteiger partial charge in [0.05, 0.1) is 13.7 Å². The predicted molar refractivity (Wildman–Crippen MR) is 71.8 cm³/mol. The molecule has 0 saturated heterocycles. The zero-order chi connectivity index (χ0) is 13.2. The fraction of sp³-hybridized carbons (Fsp3) is 0.533. The quantitative estimate of drug-likeness (QED) is 0.524. The Morgan fingerprint density at radius 3 is 2.50 bits per heavy atom. The topological polar surface area (TPSA) is 35.5 Å². The van der Waals surface area contributed by atoms with Gasteiger partial charge < -0.3 is 9.47 Å². The van der Waals surface area contributed by atoms with Gasteiger partial charge in [0.2, 0.25) is 0 Å². The molecule has 1 rings (SSSR count). The van der Waals surface area contributed by atoms with E-state index in [1.54, 1.807) is 0 Å². The van der Waals surface area contributed by atoms with Crippen molar-refractivity contribution in [1.82, 2.24) is 0 Å². The smallest absolute Gasteiger partial charge is 0.305 e. The fourth-order valence-electron chi connectivity index (χ4n) is 1.63. The molecule has 1 aromatic rings. The van der Waals surface area contributed by atoms with Crippen LogP contribution in [0.2, 0.25) is 0 Å². The van der Waals surface area contributed by atoms with Gasteiger partial charge in [-0.05, 0) is 37.0 Å². The average molecular weight is 250 g/mol. The summed E-state index contributed by atoms with van der Waals surface area (Å²) in [5.41, 5.74) is 1.22. The third kappa shape index (κ3) is 5.71. The maximum absolute atomic E-state index is 11.0. The molecule has 1 aromatic carbocycles. The van der Waals surface area contributed by atoms with Gasteiger partial charge in [-0.15, -0.1) is 0 Å². The Kier molecular flexibility index (Phi) is 6.92. The minimum atomic E-state index is -0.144. The molecular weight excluding hydrogens is 228 g/mol. The molecule has 3 nitrogen and oxygen atoms in total. The van der Waals surface area contributed by atoms with Crippen LogP contribution in [0.1, 0.15) is 38.2 Å². The molecule has 0 atom stereocenters. The maximum Gasteiger partial charge on any atom is 0.305 e. The Balaban J connectivity index is 2.29. The summed E-state index contributed by atoms with van der Waals surface area (Å²) in [6, 6.07) is 8.09. The van der Waals surface area contributed by atoms with Gasteiger partial charge in [0.15, 0.2) is 0 Å². The number of benzene rings is 1. The van der Waals surface area contributed by atoms with Crippen molar-refractivity contribution in [2.45, 2.75) is 39.0 Å². The minimum Gasteiger partial charge on any atom is -0.494 e. The molecule has 0 radical (unpaired) electrons. The number of unbranched alkanes of at least 4 members (excludes halogenated alkanes) is 1. The van der Waals surface area contributed by atoms with Crippen LogP contribution in [-0.4, -0.2) is 19.7 Å². The monoisotopic (exact) mass is 250 g/mol. The molecule has 0 spiro atoms. The standard InChI is InChI=1S/C15H22O3/c1-3-4-12-18-14-10-8-13(9-11-14)6-5-7-15(16)17-2/h8-11H,3-7,12H2,1-2H3. The Morgan fingerprint density at radius 1 is 1.17 bits per heavy atom. The summed E-state index contributed by atoms with van der Waals surface area (Å²) in [5, 5.41) is 0. The van der Waals surface area contributed by atoms with Crippen LogP contribution in [0.4, 0.5) is 0 Å². The van der Waals surface area contributed by atoms with Crippen LogP contribution in [0, 0.1) is 0 Å². The molecule has 0 heterocycles. The van der Waals surface area contributed by atoms with Crippen molar-refractivity contribution in [3.63, 3.8) is 0 Å². The zero-order valence-corrected chi connectivity index (χ0v) is 11.3. The number of esters is 1. The number of methoxy groups -OCH3 is 1. The van der Waals surface area contributed by atoms with Crippen LogP contribution < -0.4 is 4.74 Å². The van der Waals surface area contributed by atoms with Gasteiger partial charge in [0.25, 0.3) is 0 Å². The molecule has 0 N–H and O–H groups in total. The summed E-state index contributed by atoms with van der Waals surface area (Å²) in [4.78, 5) is 11.0. The van der Waals surface area contributed by atoms with Crippen molar-refractivity contribution in [2.75, 3.05) is 13.7 Å². The minimum absolute atomic E-state index is 0.144. The summed E-state index contributed by atoms with van der Waals surface area (Å²) in [7, 11) is 1.42. The third-order valence-corrected chi connectivity index (χ3v) is 2.76. The highest BCUT2D eigenvalue weighted by Crippen LogP contribution is 2.14. The second-order valence-corrected chi connectivity index (χ2v) is 4.28. The normalized spacial score (nSPS) is 10.1. The molecule has 0 bridgehead atoms. The molecule has 0 unspecified atom stereocenters. The van der Waals surface area contributed by atoms with Gasteiger partial charge >= 0.3 is 5.97 Å². The Labute approximate surface area is 109 Å². The maximum atomic E-state index is 11.0. The highest BCUT2D eigenvalue weighted by molar-refractivity contribution is 5.69. The molecular formula is C15H22O3. The third-order valence-electron chi connectivity index (χ3n) is 2.76. The number of ether oxygens (including phenoxy) is 2. The van der Waals surface area contributed by atoms with Gasteiger partial charge in [-0.25, -0.2) is 0 Å². The van der Waals surface area contributed by atoms with Crippen molar-refractivity contribution in [3.8, 4) is 5.75 Å². The van der Waals surface area contributed by atoms with E-state index in [1.807, 2.05) is 12.1 Å². The van der Waals surface area contributed by atoms with Crippen LogP contribution in [0.3, 0.4) is 0 Å². The van der Waals surface area contributed by atoms with E-state index in [9.17, 15) is 4.79 Å². The van der Waals surface area contributed by atoms with E-state index in [4.69, 9.17) is 4.74 Å². The van der Waals surface area contributed by atoms with Crippen molar-refractivity contribution in [1.29, 1.82) is 0 Å². The number of carbonyl (C=O) groups is 1. The van der Waals surface area contributed by atoms with Gasteiger partial charge in [-0.3, -0.25) is 4.79 Å². The second-order valence-electron chi connectivity index (χ2n) is 4.28. The molecule has 0 aliphatic carbocycles. The summed E-state index contributed by atoms with van der Waals surface area (Å²) in [6.07, 6.45) is 4.42. The number of rotatable bonds is 8. The van der Waals surface area contributed by atoms with E-state index in [-0.39, 0.29) is 5.97 Å². The molecule has 0 amide bonds. The highest BCUT2D eigenvalue weighted by Gasteiger charge is 2.01. The van der Waals surface area contributed by atoms with Crippen molar-refractivity contribution in [3.05, 3.63) is 29.8 Å². The lowest BCUT2D eigenvalue weighted by Crippen LogP contribution is -2.00. The molecule has 0 aliphatic heterocycles. The van der Waals surface area contributed by atoms with E-state index in [1.165, 1.54) is 12.7 Å². The Morgan fingerprint density at radius 2 is 1.89 bits per heavy atom. The lowest BCUT2D eigenvalue weighted by molar-refractivity contribution is -0.140. The van der Waals surface area contributed by atoms with Crippen molar-refractivity contribution < 1.29 is 14.3 Å². The summed E-state index contributed by atoms with van der Waals surface area (Å²) >= 11 is 0. The van der Waals surface area contributed by atoms with Crippen LogP contribution in [0.25, 0.3) is 0 Å². The number of carbonyl (C=O) groups excluding carboxylic acids is 1. The van der Waals surface area contributed by atoms with Gasteiger partial charge in [-0.1, -0.05) is 25.5 Å². The van der Waals surface area contributed by atoms with Crippen LogP contribution in [0.5, 0.6) is 5.75 Å². The first kappa shape index (κ1) is 14.6. The van der Waals surface area contributed by atoms with Gasteiger partial charge in [0, 0.05) is 6.42 Å². The molecule has 0 aliphatic rings. The largest absolute Gasteiger partial charge is 0.494 e. The van der Waals surface area contributed by atoms with E-state index in [2.05, 4.69) is 23.8 Å². The Bertz CT molecular complexity index is 343. The summed E-state index contributed by atoms with van der Waals surface area (Å²) in [6.45, 7) is 2.92. The average Bonchev–Trinajstić information content (AvgIpc) is 2.40. The first-order chi connectivity index (χ1) is 8.76. The predicted octanol–water partition coefficient (Wildman–Crippen LogP) is 3.36. The van der Waals surface area contributed by atoms with Crippen LogP contribution in [-0.2, 0) is 16.0 Å². The molecule has 18 heavy (non-hydrogen) atoms. The van der Waals surface area contributed by atoms with Crippen molar-refractivity contribution >= 4 is 5.97 Å². The van der Waals surface area contributed by atoms with Crippen LogP contribution >= 0.6 is 0 Å².